The third-order valence-corrected chi connectivity index (χ3v) is 5.71. The number of benzene rings is 1. The monoisotopic (exact) mass is 439 g/mol. The molecule has 0 atom stereocenters. The van der Waals surface area contributed by atoms with Crippen LogP contribution in [0.2, 0.25) is 0 Å². The molecule has 2 fully saturated rings. The van der Waals surface area contributed by atoms with E-state index in [0.29, 0.717) is 11.1 Å². The first-order valence-corrected chi connectivity index (χ1v) is 9.56. The third-order valence-electron chi connectivity index (χ3n) is 5.71. The van der Waals surface area contributed by atoms with Crippen LogP contribution in [-0.4, -0.2) is 40.0 Å². The average molecular weight is 439 g/mol. The van der Waals surface area contributed by atoms with E-state index in [4.69, 9.17) is 0 Å². The molecule has 1 spiro atoms. The number of amides is 2. The maximum Gasteiger partial charge on any atom is 0.416 e. The molecule has 10 heteroatoms. The second-order valence-corrected chi connectivity index (χ2v) is 7.92. The molecule has 2 aromatic rings. The lowest BCUT2D eigenvalue weighted by Crippen LogP contribution is -2.73. The van der Waals surface area contributed by atoms with Crippen molar-refractivity contribution in [1.82, 2.24) is 9.88 Å². The van der Waals surface area contributed by atoms with Crippen LogP contribution >= 0.6 is 0 Å². The van der Waals surface area contributed by atoms with E-state index in [9.17, 15) is 31.5 Å². The lowest BCUT2D eigenvalue weighted by atomic mass is 9.71. The summed E-state index contributed by atoms with van der Waals surface area (Å²) < 4.78 is 66.7. The van der Waals surface area contributed by atoms with Crippen LogP contribution in [0.15, 0.2) is 36.5 Å². The summed E-state index contributed by atoms with van der Waals surface area (Å²) in [5, 5.41) is 0. The highest BCUT2D eigenvalue weighted by molar-refractivity contribution is 6.09. The van der Waals surface area contributed by atoms with E-state index >= 15 is 0 Å². The number of hydrogen-bond acceptors (Lipinski definition) is 3. The summed E-state index contributed by atoms with van der Waals surface area (Å²) in [6.07, 6.45) is -4.99. The second kappa shape index (κ2) is 7.28. The molecule has 0 bridgehead atoms. The van der Waals surface area contributed by atoms with Gasteiger partial charge in [0, 0.05) is 25.6 Å². The van der Waals surface area contributed by atoms with Crippen LogP contribution in [0.5, 0.6) is 0 Å². The van der Waals surface area contributed by atoms with Crippen LogP contribution < -0.4 is 4.90 Å². The predicted molar refractivity (Wildman–Crippen MR) is 100 cm³/mol. The Balaban J connectivity index is 1.64. The van der Waals surface area contributed by atoms with Gasteiger partial charge in [0.2, 0.25) is 5.91 Å². The number of aromatic nitrogens is 1. The quantitative estimate of drug-likeness (QED) is 0.684. The number of carbonyl (C=O) groups is 2. The Morgan fingerprint density at radius 2 is 1.81 bits per heavy atom. The molecule has 31 heavy (non-hydrogen) atoms. The minimum atomic E-state index is -4.50. The molecule has 0 unspecified atom stereocenters. The van der Waals surface area contributed by atoms with Gasteiger partial charge in [-0.3, -0.25) is 14.5 Å². The summed E-state index contributed by atoms with van der Waals surface area (Å²) >= 11 is 0. The third kappa shape index (κ3) is 3.64. The number of hydrogen-bond donors (Lipinski definition) is 0. The van der Waals surface area contributed by atoms with E-state index in [1.807, 2.05) is 0 Å². The molecule has 1 aromatic carbocycles. The van der Waals surface area contributed by atoms with Gasteiger partial charge < -0.3 is 4.90 Å². The Morgan fingerprint density at radius 3 is 2.35 bits per heavy atom. The van der Waals surface area contributed by atoms with Crippen molar-refractivity contribution < 1.29 is 31.5 Å². The molecule has 0 radical (unpaired) electrons. The Bertz CT molecular complexity index is 1030. The largest absolute Gasteiger partial charge is 0.416 e. The first-order valence-electron chi connectivity index (χ1n) is 9.56. The molecule has 4 rings (SSSR count). The van der Waals surface area contributed by atoms with E-state index < -0.39 is 47.6 Å². The maximum absolute atomic E-state index is 14.4. The van der Waals surface area contributed by atoms with Crippen LogP contribution in [0.25, 0.3) is 0 Å². The van der Waals surface area contributed by atoms with E-state index in [0.717, 1.165) is 17.0 Å². The number of nitrogens with zero attached hydrogens (tertiary/aromatic N) is 3. The SMILES string of the molecule is Cc1cnc(N2CC(=O)N(Cc3ccc(C(F)(F)F)cc3)C3(CC(F)C3)C2=O)c(F)c1. The molecule has 1 aliphatic heterocycles. The van der Waals surface area contributed by atoms with Crippen LogP contribution in [0.4, 0.5) is 27.8 Å². The zero-order valence-corrected chi connectivity index (χ0v) is 16.4. The van der Waals surface area contributed by atoms with Gasteiger partial charge in [-0.15, -0.1) is 0 Å². The lowest BCUT2D eigenvalue weighted by molar-refractivity contribution is -0.163. The summed E-state index contributed by atoms with van der Waals surface area (Å²) in [6, 6.07) is 5.38. The summed E-state index contributed by atoms with van der Waals surface area (Å²) in [4.78, 5) is 32.2. The number of piperazine rings is 1. The van der Waals surface area contributed by atoms with Gasteiger partial charge in [0.05, 0.1) is 5.56 Å². The second-order valence-electron chi connectivity index (χ2n) is 7.92. The van der Waals surface area contributed by atoms with Crippen molar-refractivity contribution in [3.8, 4) is 0 Å². The Kier molecular flexibility index (Phi) is 4.98. The van der Waals surface area contributed by atoms with Crippen molar-refractivity contribution in [3.63, 3.8) is 0 Å². The van der Waals surface area contributed by atoms with Crippen LogP contribution in [0.1, 0.15) is 29.5 Å². The minimum Gasteiger partial charge on any atom is -0.322 e. The number of pyridine rings is 1. The number of rotatable bonds is 3. The minimum absolute atomic E-state index is 0.160. The summed E-state index contributed by atoms with van der Waals surface area (Å²) in [5.41, 5.74) is -1.46. The highest BCUT2D eigenvalue weighted by Gasteiger charge is 2.60. The summed E-state index contributed by atoms with van der Waals surface area (Å²) in [6.45, 7) is 0.966. The van der Waals surface area contributed by atoms with Crippen molar-refractivity contribution in [2.75, 3.05) is 11.4 Å². The molecule has 5 nitrogen and oxygen atoms in total. The van der Waals surface area contributed by atoms with Crippen LogP contribution in [0.3, 0.4) is 0 Å². The topological polar surface area (TPSA) is 53.5 Å². The highest BCUT2D eigenvalue weighted by atomic mass is 19.4. The Morgan fingerprint density at radius 1 is 1.16 bits per heavy atom. The van der Waals surface area contributed by atoms with Crippen molar-refractivity contribution in [1.29, 1.82) is 0 Å². The standard InChI is InChI=1S/C21H18F5N3O2/c1-12-6-16(23)18(27-9-12)28-11-17(30)29(20(19(28)31)7-15(22)8-20)10-13-2-4-14(5-3-13)21(24,25)26/h2-6,9,15H,7-8,10-11H2,1H3. The van der Waals surface area contributed by atoms with E-state index in [2.05, 4.69) is 4.98 Å². The van der Waals surface area contributed by atoms with Gasteiger partial charge in [0.15, 0.2) is 11.6 Å². The molecule has 1 aliphatic carbocycles. The zero-order valence-electron chi connectivity index (χ0n) is 16.4. The molecular formula is C21H18F5N3O2. The van der Waals surface area contributed by atoms with Gasteiger partial charge in [0.1, 0.15) is 18.3 Å². The average Bonchev–Trinajstić information content (AvgIpc) is 2.66. The van der Waals surface area contributed by atoms with E-state index in [1.54, 1.807) is 6.92 Å². The molecule has 2 amide bonds. The zero-order chi connectivity index (χ0) is 22.6. The molecule has 1 saturated heterocycles. The van der Waals surface area contributed by atoms with Crippen molar-refractivity contribution in [2.45, 2.75) is 44.2 Å². The van der Waals surface area contributed by atoms with Gasteiger partial charge in [-0.2, -0.15) is 13.2 Å². The van der Waals surface area contributed by atoms with Crippen molar-refractivity contribution >= 4 is 17.6 Å². The van der Waals surface area contributed by atoms with Crippen molar-refractivity contribution in [2.24, 2.45) is 0 Å². The Hall–Kier alpha value is -3.04. The first kappa shape index (κ1) is 21.2. The van der Waals surface area contributed by atoms with Gasteiger partial charge in [-0.1, -0.05) is 12.1 Å². The van der Waals surface area contributed by atoms with Crippen molar-refractivity contribution in [3.05, 3.63) is 59.0 Å². The number of aryl methyl sites for hydroxylation is 1. The molecular weight excluding hydrogens is 421 g/mol. The fraction of sp³-hybridized carbons (Fsp3) is 0.381. The van der Waals surface area contributed by atoms with Crippen LogP contribution in [0, 0.1) is 12.7 Å². The number of anilines is 1. The van der Waals surface area contributed by atoms with Gasteiger partial charge >= 0.3 is 6.18 Å². The molecule has 1 aromatic heterocycles. The first-order chi connectivity index (χ1) is 14.5. The molecule has 164 valence electrons. The highest BCUT2D eigenvalue weighted by Crippen LogP contribution is 2.45. The maximum atomic E-state index is 14.4. The van der Waals surface area contributed by atoms with E-state index in [-0.39, 0.29) is 25.2 Å². The summed E-state index contributed by atoms with van der Waals surface area (Å²) in [5.74, 6) is -2.29. The summed E-state index contributed by atoms with van der Waals surface area (Å²) in [7, 11) is 0. The normalized spacial score (nSPS) is 24.0. The molecule has 2 aliphatic rings. The lowest BCUT2D eigenvalue weighted by Gasteiger charge is -2.54. The molecule has 0 N–H and O–H groups in total. The van der Waals surface area contributed by atoms with Crippen LogP contribution in [-0.2, 0) is 22.3 Å². The van der Waals surface area contributed by atoms with Gasteiger partial charge in [-0.05, 0) is 36.2 Å². The van der Waals surface area contributed by atoms with Gasteiger partial charge in [-0.25, -0.2) is 13.8 Å². The number of alkyl halides is 4. The van der Waals surface area contributed by atoms with E-state index in [1.165, 1.54) is 29.3 Å². The fourth-order valence-electron chi connectivity index (χ4n) is 4.08. The molecule has 2 heterocycles. The number of halogens is 5. The smallest absolute Gasteiger partial charge is 0.322 e. The predicted octanol–water partition coefficient (Wildman–Crippen LogP) is 3.79. The molecule has 1 saturated carbocycles. The number of carbonyl (C=O) groups excluding carboxylic acids is 2. The van der Waals surface area contributed by atoms with Gasteiger partial charge in [0.25, 0.3) is 5.91 Å². The fourth-order valence-corrected chi connectivity index (χ4v) is 4.08. The Labute approximate surface area is 174 Å².